The number of fused-ring (bicyclic) bond motifs is 1. The Hall–Kier alpha value is -3.60. The Kier molecular flexibility index (Phi) is 6.03. The second-order valence-corrected chi connectivity index (χ2v) is 7.62. The van der Waals surface area contributed by atoms with E-state index in [1.54, 1.807) is 6.07 Å². The van der Waals surface area contributed by atoms with Gasteiger partial charge in [-0.25, -0.2) is 4.39 Å². The molecule has 0 saturated carbocycles. The quantitative estimate of drug-likeness (QED) is 0.428. The summed E-state index contributed by atoms with van der Waals surface area (Å²) in [4.78, 5) is 15.3. The molecule has 31 heavy (non-hydrogen) atoms. The first-order valence-electron chi connectivity index (χ1n) is 10.3. The van der Waals surface area contributed by atoms with Crippen molar-refractivity contribution in [2.45, 2.75) is 20.3 Å². The van der Waals surface area contributed by atoms with Crippen LogP contribution in [-0.2, 0) is 11.2 Å². The van der Waals surface area contributed by atoms with Crippen molar-refractivity contribution in [3.05, 3.63) is 89.4 Å². The molecule has 158 valence electrons. The molecule has 0 saturated heterocycles. The number of hydrogen-bond donors (Lipinski definition) is 2. The van der Waals surface area contributed by atoms with Gasteiger partial charge in [0, 0.05) is 17.6 Å². The van der Waals surface area contributed by atoms with Crippen molar-refractivity contribution >= 4 is 16.8 Å². The highest BCUT2D eigenvalue weighted by Gasteiger charge is 2.14. The summed E-state index contributed by atoms with van der Waals surface area (Å²) in [5.41, 5.74) is 5.73. The molecule has 0 bridgehead atoms. The molecule has 0 aliphatic heterocycles. The number of aryl methyl sites for hydroxylation is 2. The van der Waals surface area contributed by atoms with E-state index in [0.717, 1.165) is 33.3 Å². The first-order valence-corrected chi connectivity index (χ1v) is 10.3. The molecule has 0 fully saturated rings. The zero-order valence-corrected chi connectivity index (χ0v) is 17.7. The van der Waals surface area contributed by atoms with Gasteiger partial charge in [0.05, 0.1) is 5.52 Å². The van der Waals surface area contributed by atoms with Crippen LogP contribution in [0.15, 0.2) is 66.7 Å². The Morgan fingerprint density at radius 1 is 0.968 bits per heavy atom. The zero-order chi connectivity index (χ0) is 21.8. The van der Waals surface area contributed by atoms with Crippen molar-refractivity contribution in [1.82, 2.24) is 10.3 Å². The number of halogens is 1. The number of hydrogen-bond acceptors (Lipinski definition) is 2. The number of ether oxygens (including phenoxy) is 1. The van der Waals surface area contributed by atoms with Gasteiger partial charge in [-0.1, -0.05) is 48.5 Å². The number of aromatic nitrogens is 1. The van der Waals surface area contributed by atoms with Gasteiger partial charge >= 0.3 is 0 Å². The Balaban J connectivity index is 1.30. The molecule has 0 radical (unpaired) electrons. The van der Waals surface area contributed by atoms with Gasteiger partial charge in [0.1, 0.15) is 11.6 Å². The van der Waals surface area contributed by atoms with Crippen LogP contribution in [0.1, 0.15) is 16.8 Å². The predicted octanol–water partition coefficient (Wildman–Crippen LogP) is 5.33. The van der Waals surface area contributed by atoms with Gasteiger partial charge in [0.15, 0.2) is 6.61 Å². The number of aromatic amines is 1. The maximum Gasteiger partial charge on any atom is 0.257 e. The summed E-state index contributed by atoms with van der Waals surface area (Å²) in [5.74, 6) is 0.201. The fourth-order valence-corrected chi connectivity index (χ4v) is 3.86. The molecule has 0 unspecified atom stereocenters. The van der Waals surface area contributed by atoms with E-state index >= 15 is 0 Å². The van der Waals surface area contributed by atoms with Crippen molar-refractivity contribution in [3.8, 4) is 16.9 Å². The van der Waals surface area contributed by atoms with Crippen LogP contribution in [0.25, 0.3) is 22.0 Å². The lowest BCUT2D eigenvalue weighted by Crippen LogP contribution is -2.30. The van der Waals surface area contributed by atoms with Crippen LogP contribution < -0.4 is 10.1 Å². The van der Waals surface area contributed by atoms with E-state index in [4.69, 9.17) is 4.74 Å². The van der Waals surface area contributed by atoms with Crippen LogP contribution in [0, 0.1) is 19.7 Å². The Bertz CT molecular complexity index is 1200. The summed E-state index contributed by atoms with van der Waals surface area (Å²) in [5, 5.41) is 3.79. The highest BCUT2D eigenvalue weighted by Crippen LogP contribution is 2.28. The summed E-state index contributed by atoms with van der Waals surface area (Å²) in [6, 6.07) is 21.0. The summed E-state index contributed by atoms with van der Waals surface area (Å²) < 4.78 is 19.7. The first kappa shape index (κ1) is 20.7. The van der Waals surface area contributed by atoms with Crippen LogP contribution in [0.3, 0.4) is 0 Å². The van der Waals surface area contributed by atoms with Crippen molar-refractivity contribution in [2.24, 2.45) is 0 Å². The molecule has 4 rings (SSSR count). The molecule has 0 atom stereocenters. The maximum atomic E-state index is 14.1. The van der Waals surface area contributed by atoms with Crippen LogP contribution in [-0.4, -0.2) is 24.0 Å². The third-order valence-corrected chi connectivity index (χ3v) is 5.46. The highest BCUT2D eigenvalue weighted by atomic mass is 19.1. The fraction of sp³-hybridized carbons (Fsp3) is 0.192. The molecule has 0 aliphatic carbocycles. The number of H-pyrrole nitrogens is 1. The monoisotopic (exact) mass is 416 g/mol. The van der Waals surface area contributed by atoms with Gasteiger partial charge in [-0.2, -0.15) is 0 Å². The number of rotatable bonds is 7. The van der Waals surface area contributed by atoms with Crippen molar-refractivity contribution in [3.63, 3.8) is 0 Å². The van der Waals surface area contributed by atoms with E-state index in [0.29, 0.717) is 24.2 Å². The molecule has 1 aromatic heterocycles. The fourth-order valence-electron chi connectivity index (χ4n) is 3.86. The largest absolute Gasteiger partial charge is 0.484 e. The lowest BCUT2D eigenvalue weighted by Gasteiger charge is -2.09. The summed E-state index contributed by atoms with van der Waals surface area (Å²) in [6.07, 6.45) is 0.619. The minimum atomic E-state index is -0.259. The zero-order valence-electron chi connectivity index (χ0n) is 17.7. The predicted molar refractivity (Wildman–Crippen MR) is 122 cm³/mol. The number of amides is 1. The van der Waals surface area contributed by atoms with E-state index in [-0.39, 0.29) is 18.3 Å². The normalized spacial score (nSPS) is 10.9. The highest BCUT2D eigenvalue weighted by molar-refractivity contribution is 5.88. The molecular weight excluding hydrogens is 391 g/mol. The number of benzene rings is 3. The smallest absolute Gasteiger partial charge is 0.257 e. The Morgan fingerprint density at radius 2 is 1.68 bits per heavy atom. The van der Waals surface area contributed by atoms with E-state index in [9.17, 15) is 9.18 Å². The maximum absolute atomic E-state index is 14.1. The standard InChI is InChI=1S/C26H25FN2O2/c1-17-8-13-23(27)26-25(17)22(18(2)29-26)14-15-28-24(30)16-31-21-11-9-20(10-12-21)19-6-4-3-5-7-19/h3-13,29H,14-16H2,1-2H3,(H,28,30). The molecule has 4 nitrogen and oxygen atoms in total. The molecule has 4 aromatic rings. The average molecular weight is 416 g/mol. The third kappa shape index (κ3) is 4.61. The van der Waals surface area contributed by atoms with Crippen LogP contribution in [0.2, 0.25) is 0 Å². The lowest BCUT2D eigenvalue weighted by atomic mass is 10.0. The van der Waals surface area contributed by atoms with Gasteiger partial charge in [-0.3, -0.25) is 4.79 Å². The van der Waals surface area contributed by atoms with Gasteiger partial charge < -0.3 is 15.0 Å². The SMILES string of the molecule is Cc1[nH]c2c(F)ccc(C)c2c1CCNC(=O)COc1ccc(-c2ccccc2)cc1. The van der Waals surface area contributed by atoms with E-state index in [2.05, 4.69) is 22.4 Å². The van der Waals surface area contributed by atoms with E-state index in [1.807, 2.05) is 56.3 Å². The molecule has 0 spiro atoms. The Labute approximate surface area is 181 Å². The third-order valence-electron chi connectivity index (χ3n) is 5.46. The van der Waals surface area contributed by atoms with Crippen LogP contribution in [0.4, 0.5) is 4.39 Å². The van der Waals surface area contributed by atoms with E-state index < -0.39 is 0 Å². The molecule has 1 amide bonds. The molecular formula is C26H25FN2O2. The topological polar surface area (TPSA) is 54.1 Å². The van der Waals surface area contributed by atoms with Crippen LogP contribution in [0.5, 0.6) is 5.75 Å². The van der Waals surface area contributed by atoms with Gasteiger partial charge in [-0.15, -0.1) is 0 Å². The van der Waals surface area contributed by atoms with Crippen molar-refractivity contribution < 1.29 is 13.9 Å². The first-order chi connectivity index (χ1) is 15.0. The number of carbonyl (C=O) groups excluding carboxylic acids is 1. The summed E-state index contributed by atoms with van der Waals surface area (Å²) in [6.45, 7) is 4.30. The Morgan fingerprint density at radius 3 is 2.42 bits per heavy atom. The number of carbonyl (C=O) groups is 1. The second-order valence-electron chi connectivity index (χ2n) is 7.62. The second kappa shape index (κ2) is 9.04. The molecule has 0 aliphatic rings. The lowest BCUT2D eigenvalue weighted by molar-refractivity contribution is -0.123. The van der Waals surface area contributed by atoms with Crippen molar-refractivity contribution in [1.29, 1.82) is 0 Å². The minimum Gasteiger partial charge on any atom is -0.484 e. The average Bonchev–Trinajstić information content (AvgIpc) is 3.13. The summed E-state index contributed by atoms with van der Waals surface area (Å²) in [7, 11) is 0. The molecule has 1 heterocycles. The van der Waals surface area contributed by atoms with Crippen molar-refractivity contribution in [2.75, 3.05) is 13.2 Å². The minimum absolute atomic E-state index is 0.0504. The molecule has 5 heteroatoms. The van der Waals surface area contributed by atoms with E-state index in [1.165, 1.54) is 6.07 Å². The molecule has 3 aromatic carbocycles. The summed E-state index contributed by atoms with van der Waals surface area (Å²) >= 11 is 0. The van der Waals surface area contributed by atoms with Gasteiger partial charge in [-0.05, 0) is 60.7 Å². The number of nitrogens with one attached hydrogen (secondary N) is 2. The van der Waals surface area contributed by atoms with Gasteiger partial charge in [0.2, 0.25) is 0 Å². The van der Waals surface area contributed by atoms with Gasteiger partial charge in [0.25, 0.3) is 5.91 Å². The van der Waals surface area contributed by atoms with Crippen LogP contribution >= 0.6 is 0 Å². The molecule has 2 N–H and O–H groups in total.